The molecule has 0 radical (unpaired) electrons. The minimum absolute atomic E-state index is 0.293. The summed E-state index contributed by atoms with van der Waals surface area (Å²) in [7, 11) is -1.95. The van der Waals surface area contributed by atoms with Crippen molar-refractivity contribution in [1.29, 1.82) is 0 Å². The van der Waals surface area contributed by atoms with E-state index >= 15 is 0 Å². The van der Waals surface area contributed by atoms with Gasteiger partial charge in [-0.2, -0.15) is 9.29 Å². The standard InChI is InChI=1S/C24H30N4O4S/c1-3-18-32-24-21-6-4-5-7-22(21)25-23(26-24)12-13-27-14-16-28(17-15-27)33(29,30)20-10-8-19(31-2)9-11-20/h4-11H,3,12-18H2,1-2H3. The Hall–Kier alpha value is -2.75. The average Bonchev–Trinajstić information content (AvgIpc) is 2.86. The molecule has 1 aromatic heterocycles. The van der Waals surface area contributed by atoms with E-state index in [9.17, 15) is 8.42 Å². The molecule has 0 aliphatic carbocycles. The molecule has 2 heterocycles. The van der Waals surface area contributed by atoms with Crippen molar-refractivity contribution >= 4 is 20.9 Å². The lowest BCUT2D eigenvalue weighted by atomic mass is 10.2. The summed E-state index contributed by atoms with van der Waals surface area (Å²) in [6.45, 7) is 5.70. The number of fused-ring (bicyclic) bond motifs is 1. The summed E-state index contributed by atoms with van der Waals surface area (Å²) < 4.78 is 38.4. The molecular weight excluding hydrogens is 440 g/mol. The highest BCUT2D eigenvalue weighted by Crippen LogP contribution is 2.23. The van der Waals surface area contributed by atoms with Crippen LogP contribution in [-0.2, 0) is 16.4 Å². The topological polar surface area (TPSA) is 84.9 Å². The molecule has 0 spiro atoms. The zero-order valence-electron chi connectivity index (χ0n) is 19.1. The van der Waals surface area contributed by atoms with Gasteiger partial charge in [-0.05, 0) is 42.8 Å². The number of aromatic nitrogens is 2. The second-order valence-electron chi connectivity index (χ2n) is 7.98. The van der Waals surface area contributed by atoms with Gasteiger partial charge in [-0.3, -0.25) is 0 Å². The third-order valence-corrected chi connectivity index (χ3v) is 7.65. The smallest absolute Gasteiger partial charge is 0.243 e. The first kappa shape index (κ1) is 23.4. The van der Waals surface area contributed by atoms with Crippen LogP contribution in [0.2, 0.25) is 0 Å². The van der Waals surface area contributed by atoms with Crippen molar-refractivity contribution in [2.75, 3.05) is 46.4 Å². The summed E-state index contributed by atoms with van der Waals surface area (Å²) in [4.78, 5) is 11.9. The summed E-state index contributed by atoms with van der Waals surface area (Å²) >= 11 is 0. The van der Waals surface area contributed by atoms with Crippen LogP contribution in [0.15, 0.2) is 53.4 Å². The Labute approximate surface area is 195 Å². The fraction of sp³-hybridized carbons (Fsp3) is 0.417. The number of para-hydroxylation sites is 1. The van der Waals surface area contributed by atoms with E-state index in [-0.39, 0.29) is 0 Å². The molecule has 0 atom stereocenters. The van der Waals surface area contributed by atoms with E-state index in [1.165, 1.54) is 0 Å². The minimum Gasteiger partial charge on any atom is -0.497 e. The number of sulfonamides is 1. The van der Waals surface area contributed by atoms with E-state index in [0.29, 0.717) is 55.7 Å². The summed E-state index contributed by atoms with van der Waals surface area (Å²) in [5.41, 5.74) is 0.879. The maximum atomic E-state index is 13.0. The van der Waals surface area contributed by atoms with Crippen LogP contribution in [0.1, 0.15) is 19.2 Å². The molecule has 33 heavy (non-hydrogen) atoms. The Bertz CT molecular complexity index is 1180. The predicted octanol–water partition coefficient (Wildman–Crippen LogP) is 2.98. The lowest BCUT2D eigenvalue weighted by Gasteiger charge is -2.33. The molecule has 1 aliphatic rings. The van der Waals surface area contributed by atoms with Gasteiger partial charge in [-0.1, -0.05) is 19.1 Å². The fourth-order valence-corrected chi connectivity index (χ4v) is 5.28. The SMILES string of the molecule is CCCOc1nc(CCN2CCN(S(=O)(=O)c3ccc(OC)cc3)CC2)nc2ccccc12. The summed E-state index contributed by atoms with van der Waals surface area (Å²) in [6, 6.07) is 14.4. The van der Waals surface area contributed by atoms with Gasteiger partial charge in [0, 0.05) is 39.1 Å². The monoisotopic (exact) mass is 470 g/mol. The fourth-order valence-electron chi connectivity index (χ4n) is 3.86. The third-order valence-electron chi connectivity index (χ3n) is 5.74. The van der Waals surface area contributed by atoms with Crippen molar-refractivity contribution in [2.24, 2.45) is 0 Å². The molecule has 0 saturated carbocycles. The molecule has 2 aromatic carbocycles. The highest BCUT2D eigenvalue weighted by atomic mass is 32.2. The number of piperazine rings is 1. The molecule has 0 amide bonds. The first-order valence-corrected chi connectivity index (χ1v) is 12.7. The highest BCUT2D eigenvalue weighted by molar-refractivity contribution is 7.89. The molecule has 0 unspecified atom stereocenters. The van der Waals surface area contributed by atoms with Gasteiger partial charge in [0.25, 0.3) is 0 Å². The van der Waals surface area contributed by atoms with E-state index in [1.807, 2.05) is 24.3 Å². The van der Waals surface area contributed by atoms with Gasteiger partial charge in [0.2, 0.25) is 15.9 Å². The predicted molar refractivity (Wildman–Crippen MR) is 127 cm³/mol. The molecule has 3 aromatic rings. The van der Waals surface area contributed by atoms with Crippen LogP contribution < -0.4 is 9.47 Å². The van der Waals surface area contributed by atoms with Crippen molar-refractivity contribution in [3.63, 3.8) is 0 Å². The maximum absolute atomic E-state index is 13.0. The van der Waals surface area contributed by atoms with E-state index in [1.54, 1.807) is 35.7 Å². The minimum atomic E-state index is -3.51. The molecule has 0 N–H and O–H groups in total. The van der Waals surface area contributed by atoms with E-state index in [2.05, 4.69) is 16.8 Å². The van der Waals surface area contributed by atoms with Gasteiger partial charge in [0.05, 0.1) is 29.5 Å². The van der Waals surface area contributed by atoms with E-state index < -0.39 is 10.0 Å². The second-order valence-corrected chi connectivity index (χ2v) is 9.92. The van der Waals surface area contributed by atoms with E-state index in [0.717, 1.165) is 29.7 Å². The first-order chi connectivity index (χ1) is 16.0. The van der Waals surface area contributed by atoms with Crippen LogP contribution >= 0.6 is 0 Å². The van der Waals surface area contributed by atoms with Crippen molar-refractivity contribution in [3.05, 3.63) is 54.4 Å². The Morgan fingerprint density at radius 2 is 1.70 bits per heavy atom. The molecular formula is C24H30N4O4S. The number of rotatable bonds is 9. The zero-order valence-corrected chi connectivity index (χ0v) is 19.9. The molecule has 0 bridgehead atoms. The third kappa shape index (κ3) is 5.43. The van der Waals surface area contributed by atoms with Crippen LogP contribution in [-0.4, -0.2) is 74.0 Å². The number of hydrogen-bond donors (Lipinski definition) is 0. The molecule has 9 heteroatoms. The summed E-state index contributed by atoms with van der Waals surface area (Å²) in [5.74, 6) is 2.01. The van der Waals surface area contributed by atoms with Crippen LogP contribution in [0.5, 0.6) is 11.6 Å². The first-order valence-electron chi connectivity index (χ1n) is 11.3. The second kappa shape index (κ2) is 10.5. The van der Waals surface area contributed by atoms with Crippen molar-refractivity contribution in [1.82, 2.24) is 19.2 Å². The van der Waals surface area contributed by atoms with Crippen molar-refractivity contribution in [2.45, 2.75) is 24.7 Å². The van der Waals surface area contributed by atoms with Gasteiger partial charge in [-0.25, -0.2) is 13.4 Å². The number of benzene rings is 2. The number of nitrogens with zero attached hydrogens (tertiary/aromatic N) is 4. The van der Waals surface area contributed by atoms with Gasteiger partial charge in [0.1, 0.15) is 11.6 Å². The van der Waals surface area contributed by atoms with Crippen molar-refractivity contribution < 1.29 is 17.9 Å². The van der Waals surface area contributed by atoms with Crippen LogP contribution in [0.3, 0.4) is 0 Å². The molecule has 1 saturated heterocycles. The number of ether oxygens (including phenoxy) is 2. The molecule has 4 rings (SSSR count). The molecule has 1 fully saturated rings. The van der Waals surface area contributed by atoms with Gasteiger partial charge < -0.3 is 14.4 Å². The van der Waals surface area contributed by atoms with Gasteiger partial charge >= 0.3 is 0 Å². The Kier molecular flexibility index (Phi) is 7.42. The average molecular weight is 471 g/mol. The Morgan fingerprint density at radius 1 is 0.970 bits per heavy atom. The maximum Gasteiger partial charge on any atom is 0.243 e. The summed E-state index contributed by atoms with van der Waals surface area (Å²) in [5, 5.41) is 0.923. The van der Waals surface area contributed by atoms with Crippen LogP contribution in [0, 0.1) is 0 Å². The largest absolute Gasteiger partial charge is 0.497 e. The highest BCUT2D eigenvalue weighted by Gasteiger charge is 2.28. The molecule has 176 valence electrons. The summed E-state index contributed by atoms with van der Waals surface area (Å²) in [6.07, 6.45) is 1.59. The van der Waals surface area contributed by atoms with Crippen molar-refractivity contribution in [3.8, 4) is 11.6 Å². The number of hydrogen-bond acceptors (Lipinski definition) is 7. The quantitative estimate of drug-likeness (QED) is 0.475. The van der Waals surface area contributed by atoms with E-state index in [4.69, 9.17) is 14.5 Å². The van der Waals surface area contributed by atoms with Gasteiger partial charge in [0.15, 0.2) is 0 Å². The Morgan fingerprint density at radius 3 is 2.39 bits per heavy atom. The van der Waals surface area contributed by atoms with Gasteiger partial charge in [-0.15, -0.1) is 0 Å². The lowest BCUT2D eigenvalue weighted by Crippen LogP contribution is -2.49. The molecule has 1 aliphatic heterocycles. The van der Waals surface area contributed by atoms with Crippen LogP contribution in [0.25, 0.3) is 10.9 Å². The normalized spacial score (nSPS) is 15.6. The zero-order chi connectivity index (χ0) is 23.3. The lowest BCUT2D eigenvalue weighted by molar-refractivity contribution is 0.189. The number of methoxy groups -OCH3 is 1. The van der Waals surface area contributed by atoms with Crippen LogP contribution in [0.4, 0.5) is 0 Å². The Balaban J connectivity index is 1.37. The molecule has 8 nitrogen and oxygen atoms in total.